The largest absolute Gasteiger partial charge is 0.379 e. The lowest BCUT2D eigenvalue weighted by Crippen LogP contribution is -2.05. The Hall–Kier alpha value is -1.16. The summed E-state index contributed by atoms with van der Waals surface area (Å²) in [5, 5.41) is 16.4. The highest BCUT2D eigenvalue weighted by Gasteiger charge is 2.08. The van der Waals surface area contributed by atoms with E-state index in [0.717, 1.165) is 16.9 Å². The summed E-state index contributed by atoms with van der Waals surface area (Å²) in [6, 6.07) is 7.97. The Labute approximate surface area is 109 Å². The van der Waals surface area contributed by atoms with Crippen LogP contribution in [0.5, 0.6) is 0 Å². The zero-order chi connectivity index (χ0) is 12.7. The monoisotopic (exact) mass is 266 g/mol. The molecular formula is C11H14N4S2. The number of nitrogens with zero attached hydrogens (tertiary/aromatic N) is 1. The Bertz CT molecular complexity index is 440. The van der Waals surface area contributed by atoms with Crippen LogP contribution in [0.25, 0.3) is 0 Å². The molecule has 0 saturated heterocycles. The van der Waals surface area contributed by atoms with Gasteiger partial charge in [0.2, 0.25) is 0 Å². The number of thioether (sulfide) groups is 2. The molecule has 0 aliphatic rings. The number of amidine groups is 1. The summed E-state index contributed by atoms with van der Waals surface area (Å²) >= 11 is 2.80. The van der Waals surface area contributed by atoms with E-state index in [4.69, 9.17) is 16.9 Å². The molecule has 0 heterocycles. The van der Waals surface area contributed by atoms with Crippen LogP contribution in [0.3, 0.4) is 0 Å². The zero-order valence-electron chi connectivity index (χ0n) is 9.27. The van der Waals surface area contributed by atoms with Gasteiger partial charge in [-0.25, -0.2) is 0 Å². The molecule has 0 amide bonds. The quantitative estimate of drug-likeness (QED) is 0.429. The SMILES string of the molecule is N#Cc1c(CSCN)cccc1CSC(=N)N. The van der Waals surface area contributed by atoms with Crippen molar-refractivity contribution in [3.63, 3.8) is 0 Å². The zero-order valence-corrected chi connectivity index (χ0v) is 10.9. The van der Waals surface area contributed by atoms with Crippen LogP contribution in [-0.4, -0.2) is 11.0 Å². The maximum Gasteiger partial charge on any atom is 0.151 e. The van der Waals surface area contributed by atoms with Crippen molar-refractivity contribution in [2.45, 2.75) is 11.5 Å². The number of rotatable bonds is 5. The van der Waals surface area contributed by atoms with Crippen molar-refractivity contribution in [1.82, 2.24) is 0 Å². The normalized spacial score (nSPS) is 9.88. The van der Waals surface area contributed by atoms with E-state index in [1.807, 2.05) is 18.2 Å². The molecular weight excluding hydrogens is 252 g/mol. The van der Waals surface area contributed by atoms with Crippen LogP contribution in [0, 0.1) is 16.7 Å². The second-order valence-corrected chi connectivity index (χ2v) is 5.28. The van der Waals surface area contributed by atoms with Crippen molar-refractivity contribution in [3.05, 3.63) is 34.9 Å². The second-order valence-electron chi connectivity index (χ2n) is 3.23. The summed E-state index contributed by atoms with van der Waals surface area (Å²) < 4.78 is 0. The maximum absolute atomic E-state index is 9.18. The molecule has 17 heavy (non-hydrogen) atoms. The van der Waals surface area contributed by atoms with Crippen molar-refractivity contribution in [1.29, 1.82) is 10.7 Å². The van der Waals surface area contributed by atoms with Crippen LogP contribution in [0.2, 0.25) is 0 Å². The van der Waals surface area contributed by atoms with Crippen LogP contribution in [0.1, 0.15) is 16.7 Å². The van der Waals surface area contributed by atoms with Crippen LogP contribution >= 0.6 is 23.5 Å². The van der Waals surface area contributed by atoms with Gasteiger partial charge in [-0.15, -0.1) is 11.8 Å². The van der Waals surface area contributed by atoms with Gasteiger partial charge in [-0.2, -0.15) is 5.26 Å². The van der Waals surface area contributed by atoms with Gasteiger partial charge in [0.1, 0.15) is 0 Å². The van der Waals surface area contributed by atoms with Crippen molar-refractivity contribution in [2.75, 3.05) is 5.88 Å². The van der Waals surface area contributed by atoms with Gasteiger partial charge in [0.15, 0.2) is 5.17 Å². The minimum absolute atomic E-state index is 0.0654. The van der Waals surface area contributed by atoms with Crippen molar-refractivity contribution >= 4 is 28.7 Å². The van der Waals surface area contributed by atoms with Gasteiger partial charge in [-0.3, -0.25) is 5.41 Å². The molecule has 0 radical (unpaired) electrons. The summed E-state index contributed by atoms with van der Waals surface area (Å²) in [6.07, 6.45) is 0. The summed E-state index contributed by atoms with van der Waals surface area (Å²) in [6.45, 7) is 0. The standard InChI is InChI=1S/C11H14N4S2/c12-4-10-8(5-16-7-13)2-1-3-9(10)6-17-11(14)15/h1-3H,5-7,13H2,(H3,14,15). The average Bonchev–Trinajstić information content (AvgIpc) is 2.33. The molecule has 0 atom stereocenters. The highest BCUT2D eigenvalue weighted by molar-refractivity contribution is 8.13. The first-order valence-corrected chi connectivity index (χ1v) is 7.08. The predicted octanol–water partition coefficient (Wildman–Crippen LogP) is 1.83. The third-order valence-electron chi connectivity index (χ3n) is 2.11. The van der Waals surface area contributed by atoms with Gasteiger partial charge in [-0.1, -0.05) is 30.0 Å². The van der Waals surface area contributed by atoms with Crippen LogP contribution < -0.4 is 11.5 Å². The first kappa shape index (κ1) is 13.9. The molecule has 0 fully saturated rings. The molecule has 1 aromatic carbocycles. The molecule has 0 saturated carbocycles. The third kappa shape index (κ3) is 4.30. The molecule has 5 N–H and O–H groups in total. The minimum Gasteiger partial charge on any atom is -0.379 e. The average molecular weight is 266 g/mol. The molecule has 1 aromatic rings. The highest BCUT2D eigenvalue weighted by atomic mass is 32.2. The van der Waals surface area contributed by atoms with E-state index in [1.165, 1.54) is 11.8 Å². The number of hydrogen-bond acceptors (Lipinski definition) is 5. The molecule has 0 unspecified atom stereocenters. The van der Waals surface area contributed by atoms with Gasteiger partial charge in [0, 0.05) is 17.4 Å². The number of nitriles is 1. The van der Waals surface area contributed by atoms with Gasteiger partial charge in [0.25, 0.3) is 0 Å². The van der Waals surface area contributed by atoms with Crippen molar-refractivity contribution in [2.24, 2.45) is 11.5 Å². The molecule has 0 bridgehead atoms. The van der Waals surface area contributed by atoms with Crippen molar-refractivity contribution in [3.8, 4) is 6.07 Å². The third-order valence-corrected chi connectivity index (χ3v) is 3.62. The number of hydrogen-bond donors (Lipinski definition) is 3. The van der Waals surface area contributed by atoms with E-state index >= 15 is 0 Å². The van der Waals surface area contributed by atoms with E-state index < -0.39 is 0 Å². The Morgan fingerprint density at radius 2 is 2.00 bits per heavy atom. The summed E-state index contributed by atoms with van der Waals surface area (Å²) in [5.41, 5.74) is 13.3. The van der Waals surface area contributed by atoms with Crippen LogP contribution in [0.15, 0.2) is 18.2 Å². The molecule has 1 rings (SSSR count). The van der Waals surface area contributed by atoms with E-state index in [1.54, 1.807) is 11.8 Å². The first-order chi connectivity index (χ1) is 8.19. The molecule has 90 valence electrons. The Kier molecular flexibility index (Phi) is 5.91. The topological polar surface area (TPSA) is 99.7 Å². The van der Waals surface area contributed by atoms with Gasteiger partial charge < -0.3 is 11.5 Å². The molecule has 0 spiro atoms. The smallest absolute Gasteiger partial charge is 0.151 e. The summed E-state index contributed by atoms with van der Waals surface area (Å²) in [5.74, 6) is 1.83. The first-order valence-electron chi connectivity index (χ1n) is 4.94. The molecule has 6 heteroatoms. The lowest BCUT2D eigenvalue weighted by molar-refractivity contribution is 1.27. The summed E-state index contributed by atoms with van der Waals surface area (Å²) in [4.78, 5) is 0. The van der Waals surface area contributed by atoms with Crippen molar-refractivity contribution < 1.29 is 0 Å². The van der Waals surface area contributed by atoms with Gasteiger partial charge in [-0.05, 0) is 11.1 Å². The molecule has 0 aromatic heterocycles. The number of benzene rings is 1. The van der Waals surface area contributed by atoms with E-state index in [2.05, 4.69) is 6.07 Å². The highest BCUT2D eigenvalue weighted by Crippen LogP contribution is 2.22. The minimum atomic E-state index is 0.0654. The molecule has 0 aliphatic carbocycles. The Morgan fingerprint density at radius 3 is 2.53 bits per heavy atom. The van der Waals surface area contributed by atoms with Gasteiger partial charge in [0.05, 0.1) is 11.6 Å². The van der Waals surface area contributed by atoms with Crippen LogP contribution in [0.4, 0.5) is 0 Å². The lowest BCUT2D eigenvalue weighted by atomic mass is 10.0. The maximum atomic E-state index is 9.18. The molecule has 0 aliphatic heterocycles. The Balaban J connectivity index is 2.90. The predicted molar refractivity (Wildman–Crippen MR) is 74.7 cm³/mol. The summed E-state index contributed by atoms with van der Waals surface area (Å²) in [7, 11) is 0. The van der Waals surface area contributed by atoms with Crippen LogP contribution in [-0.2, 0) is 11.5 Å². The fourth-order valence-electron chi connectivity index (χ4n) is 1.36. The Morgan fingerprint density at radius 1 is 1.35 bits per heavy atom. The van der Waals surface area contributed by atoms with E-state index in [9.17, 15) is 5.26 Å². The van der Waals surface area contributed by atoms with Gasteiger partial charge >= 0.3 is 0 Å². The van der Waals surface area contributed by atoms with E-state index in [0.29, 0.717) is 17.2 Å². The lowest BCUT2D eigenvalue weighted by Gasteiger charge is -2.08. The molecule has 4 nitrogen and oxygen atoms in total. The van der Waals surface area contributed by atoms with E-state index in [-0.39, 0.29) is 5.17 Å². The fourth-order valence-corrected chi connectivity index (χ4v) is 2.49. The second kappa shape index (κ2) is 7.22. The number of nitrogens with two attached hydrogens (primary N) is 2. The fraction of sp³-hybridized carbons (Fsp3) is 0.273. The number of nitrogens with one attached hydrogen (secondary N) is 1.